The van der Waals surface area contributed by atoms with Gasteiger partial charge in [0.05, 0.1) is 12.6 Å². The first-order valence-electron chi connectivity index (χ1n) is 5.11. The van der Waals surface area contributed by atoms with Crippen molar-refractivity contribution >= 4 is 22.2 Å². The number of nitrogens with zero attached hydrogens (tertiary/aromatic N) is 1. The van der Waals surface area contributed by atoms with Crippen molar-refractivity contribution in [3.05, 3.63) is 11.6 Å². The molecule has 1 saturated heterocycles. The first-order valence-corrected chi connectivity index (χ1v) is 6.51. The van der Waals surface area contributed by atoms with Crippen molar-refractivity contribution in [1.29, 1.82) is 0 Å². The highest BCUT2D eigenvalue weighted by molar-refractivity contribution is 7.84. The molecule has 1 rings (SSSR count). The quantitative estimate of drug-likeness (QED) is 0.287. The molecule has 102 valence electrons. The molecule has 0 spiro atoms. The lowest BCUT2D eigenvalue weighted by molar-refractivity contribution is -0.140. The van der Waals surface area contributed by atoms with Crippen LogP contribution in [0.1, 0.15) is 13.8 Å². The van der Waals surface area contributed by atoms with E-state index < -0.39 is 34.3 Å². The van der Waals surface area contributed by atoms with Gasteiger partial charge in [0.1, 0.15) is 6.04 Å². The zero-order chi connectivity index (χ0) is 14.1. The third-order valence-corrected chi connectivity index (χ3v) is 3.35. The second-order valence-corrected chi connectivity index (χ2v) is 5.01. The third-order valence-electron chi connectivity index (χ3n) is 2.44. The zero-order valence-electron chi connectivity index (χ0n) is 9.86. The Morgan fingerprint density at radius 2 is 2.17 bits per heavy atom. The van der Waals surface area contributed by atoms with Crippen LogP contribution >= 0.6 is 0 Å². The first-order chi connectivity index (χ1) is 8.20. The second-order valence-electron chi connectivity index (χ2n) is 3.72. The molecule has 0 unspecified atom stereocenters. The van der Waals surface area contributed by atoms with Gasteiger partial charge in [-0.2, -0.15) is 8.42 Å². The number of rotatable bonds is 4. The van der Waals surface area contributed by atoms with Crippen LogP contribution < -0.4 is 5.73 Å². The van der Waals surface area contributed by atoms with Crippen LogP contribution in [0.15, 0.2) is 11.6 Å². The van der Waals surface area contributed by atoms with Gasteiger partial charge < -0.3 is 10.5 Å². The summed E-state index contributed by atoms with van der Waals surface area (Å²) >= 11 is 0. The zero-order valence-corrected chi connectivity index (χ0v) is 10.7. The smallest absolute Gasteiger partial charge is 0.362 e. The molecular weight excluding hydrogens is 264 g/mol. The topological polar surface area (TPSA) is 127 Å². The number of carbonyl (C=O) groups excluding carboxylic acids is 2. The van der Waals surface area contributed by atoms with Crippen molar-refractivity contribution in [2.75, 3.05) is 6.61 Å². The van der Waals surface area contributed by atoms with Gasteiger partial charge in [-0.3, -0.25) is 9.35 Å². The Balaban J connectivity index is 2.95. The molecule has 0 bridgehead atoms. The van der Waals surface area contributed by atoms with E-state index in [2.05, 4.69) is 4.74 Å². The van der Waals surface area contributed by atoms with E-state index in [0.29, 0.717) is 0 Å². The largest absolute Gasteiger partial charge is 0.463 e. The van der Waals surface area contributed by atoms with E-state index in [-0.39, 0.29) is 16.5 Å². The van der Waals surface area contributed by atoms with Crippen LogP contribution in [0.5, 0.6) is 0 Å². The van der Waals surface area contributed by atoms with E-state index in [1.54, 1.807) is 6.92 Å². The number of amides is 1. The lowest BCUT2D eigenvalue weighted by Crippen LogP contribution is -2.70. The highest BCUT2D eigenvalue weighted by atomic mass is 32.2. The van der Waals surface area contributed by atoms with E-state index in [1.165, 1.54) is 6.92 Å². The minimum Gasteiger partial charge on any atom is -0.463 e. The fraction of sp³-hybridized carbons (Fsp3) is 0.556. The maximum absolute atomic E-state index is 11.3. The Bertz CT molecular complexity index is 497. The summed E-state index contributed by atoms with van der Waals surface area (Å²) in [6.45, 7) is 3.20. The van der Waals surface area contributed by atoms with Gasteiger partial charge in [0.15, 0.2) is 0 Å². The Morgan fingerprint density at radius 1 is 1.61 bits per heavy atom. The summed E-state index contributed by atoms with van der Waals surface area (Å²) in [4.78, 5) is 22.4. The highest BCUT2D eigenvalue weighted by Gasteiger charge is 2.52. The highest BCUT2D eigenvalue weighted by Crippen LogP contribution is 2.27. The lowest BCUT2D eigenvalue weighted by Gasteiger charge is -2.42. The molecule has 0 aromatic rings. The summed E-state index contributed by atoms with van der Waals surface area (Å²) < 4.78 is 35.7. The maximum atomic E-state index is 11.3. The average Bonchev–Trinajstić information content (AvgIpc) is 2.22. The lowest BCUT2D eigenvalue weighted by atomic mass is 9.93. The van der Waals surface area contributed by atoms with Gasteiger partial charge in [-0.15, -0.1) is 0 Å². The number of hydrogen-bond donors (Lipinski definition) is 2. The third kappa shape index (κ3) is 2.68. The van der Waals surface area contributed by atoms with Crippen molar-refractivity contribution in [3.63, 3.8) is 0 Å². The molecule has 18 heavy (non-hydrogen) atoms. The number of esters is 1. The van der Waals surface area contributed by atoms with Crippen molar-refractivity contribution in [1.82, 2.24) is 4.31 Å². The maximum Gasteiger partial charge on any atom is 0.362 e. The molecule has 1 aliphatic rings. The fourth-order valence-electron chi connectivity index (χ4n) is 1.66. The SMILES string of the molecule is CCOC(=O)/C=C(/C)[C@H]1[C@@H](N)C(=O)N1S(=O)(=O)O. The summed E-state index contributed by atoms with van der Waals surface area (Å²) in [6.07, 6.45) is 1.04. The molecular formula is C9H14N2O6S. The summed E-state index contributed by atoms with van der Waals surface area (Å²) in [5, 5.41) is 0. The fourth-order valence-corrected chi connectivity index (χ4v) is 2.60. The molecule has 0 radical (unpaired) electrons. The number of hydrogen-bond acceptors (Lipinski definition) is 6. The molecule has 1 aliphatic heterocycles. The second kappa shape index (κ2) is 5.04. The molecule has 3 N–H and O–H groups in total. The van der Waals surface area contributed by atoms with E-state index >= 15 is 0 Å². The van der Waals surface area contributed by atoms with Crippen LogP contribution in [-0.2, 0) is 24.6 Å². The van der Waals surface area contributed by atoms with E-state index in [0.717, 1.165) is 6.08 Å². The number of carbonyl (C=O) groups is 2. The normalized spacial score (nSPS) is 24.8. The molecule has 0 aromatic carbocycles. The van der Waals surface area contributed by atoms with Crippen LogP contribution in [-0.4, -0.2) is 47.8 Å². The molecule has 0 saturated carbocycles. The van der Waals surface area contributed by atoms with Crippen LogP contribution in [0.3, 0.4) is 0 Å². The van der Waals surface area contributed by atoms with Gasteiger partial charge in [0, 0.05) is 6.08 Å². The van der Waals surface area contributed by atoms with E-state index in [4.69, 9.17) is 10.3 Å². The predicted molar refractivity (Wildman–Crippen MR) is 60.5 cm³/mol. The molecule has 2 atom stereocenters. The van der Waals surface area contributed by atoms with Gasteiger partial charge in [0.25, 0.3) is 5.91 Å². The monoisotopic (exact) mass is 278 g/mol. The van der Waals surface area contributed by atoms with Crippen LogP contribution in [0, 0.1) is 0 Å². The van der Waals surface area contributed by atoms with Crippen LogP contribution in [0.2, 0.25) is 0 Å². The molecule has 1 heterocycles. The van der Waals surface area contributed by atoms with Gasteiger partial charge in [0.2, 0.25) is 0 Å². The van der Waals surface area contributed by atoms with E-state index in [1.807, 2.05) is 0 Å². The molecule has 1 fully saturated rings. The number of nitrogens with two attached hydrogens (primary N) is 1. The van der Waals surface area contributed by atoms with Crippen LogP contribution in [0.25, 0.3) is 0 Å². The molecule has 1 amide bonds. The average molecular weight is 278 g/mol. The summed E-state index contributed by atoms with van der Waals surface area (Å²) in [5.74, 6) is -1.59. The van der Waals surface area contributed by atoms with Crippen molar-refractivity contribution < 1.29 is 27.3 Å². The number of β-lactam (4-membered cyclic amide) rings is 1. The van der Waals surface area contributed by atoms with Crippen molar-refractivity contribution in [3.8, 4) is 0 Å². The summed E-state index contributed by atoms with van der Waals surface area (Å²) in [6, 6.07) is -2.16. The molecule has 8 nitrogen and oxygen atoms in total. The standard InChI is InChI=1S/C9H14N2O6S/c1-3-17-6(12)4-5(2)8-7(10)9(13)11(8)18(14,15)16/h4,7-8H,3,10H2,1-2H3,(H,14,15,16)/b5-4-/t7-,8+/m1/s1. The van der Waals surface area contributed by atoms with Crippen molar-refractivity contribution in [2.45, 2.75) is 25.9 Å². The molecule has 0 aromatic heterocycles. The first kappa shape index (κ1) is 14.6. The predicted octanol–water partition coefficient (Wildman–Crippen LogP) is -1.16. The Morgan fingerprint density at radius 3 is 2.61 bits per heavy atom. The van der Waals surface area contributed by atoms with Gasteiger partial charge in [-0.1, -0.05) is 0 Å². The minimum absolute atomic E-state index is 0.167. The van der Waals surface area contributed by atoms with Crippen molar-refractivity contribution in [2.24, 2.45) is 5.73 Å². The Hall–Kier alpha value is -1.45. The Kier molecular flexibility index (Phi) is 4.09. The number of ether oxygens (including phenoxy) is 1. The molecule has 0 aliphatic carbocycles. The van der Waals surface area contributed by atoms with E-state index in [9.17, 15) is 18.0 Å². The Labute approximate surface area is 104 Å². The van der Waals surface area contributed by atoms with Gasteiger partial charge in [-0.05, 0) is 19.4 Å². The minimum atomic E-state index is -4.68. The van der Waals surface area contributed by atoms with Gasteiger partial charge >= 0.3 is 16.3 Å². The summed E-state index contributed by atoms with van der Waals surface area (Å²) in [7, 11) is -4.68. The summed E-state index contributed by atoms with van der Waals surface area (Å²) in [5.41, 5.74) is 5.66. The van der Waals surface area contributed by atoms with Crippen LogP contribution in [0.4, 0.5) is 0 Å². The van der Waals surface area contributed by atoms with Gasteiger partial charge in [-0.25, -0.2) is 9.10 Å². The molecule has 9 heteroatoms.